The Morgan fingerprint density at radius 1 is 0.974 bits per heavy atom. The minimum absolute atomic E-state index is 0.00129. The van der Waals surface area contributed by atoms with Crippen molar-refractivity contribution in [3.63, 3.8) is 0 Å². The van der Waals surface area contributed by atoms with Gasteiger partial charge in [0.15, 0.2) is 6.17 Å². The van der Waals surface area contributed by atoms with Gasteiger partial charge in [-0.25, -0.2) is 8.78 Å². The Kier molecular flexibility index (Phi) is 6.29. The molecule has 0 aliphatic heterocycles. The first kappa shape index (κ1) is 25.4. The number of nitrogens with zero attached hydrogens (tertiary/aromatic N) is 2. The summed E-state index contributed by atoms with van der Waals surface area (Å²) in [4.78, 5) is 8.92. The van der Waals surface area contributed by atoms with Gasteiger partial charge in [0.05, 0.1) is 23.1 Å². The molecule has 3 aromatic rings. The monoisotopic (exact) mass is 528 g/mol. The average Bonchev–Trinajstić information content (AvgIpc) is 3.41. The van der Waals surface area contributed by atoms with Gasteiger partial charge in [-0.3, -0.25) is 9.97 Å². The summed E-state index contributed by atoms with van der Waals surface area (Å²) in [6, 6.07) is 7.64. The minimum atomic E-state index is -4.58. The van der Waals surface area contributed by atoms with Crippen molar-refractivity contribution in [3.8, 4) is 11.1 Å². The molecule has 0 bridgehead atoms. The maximum absolute atomic E-state index is 16.6. The Morgan fingerprint density at radius 3 is 2.26 bits per heavy atom. The van der Waals surface area contributed by atoms with E-state index in [0.29, 0.717) is 41.4 Å². The van der Waals surface area contributed by atoms with Crippen LogP contribution < -0.4 is 0 Å². The van der Waals surface area contributed by atoms with Crippen molar-refractivity contribution < 1.29 is 27.1 Å². The van der Waals surface area contributed by atoms with Crippen LogP contribution >= 0.6 is 0 Å². The predicted molar refractivity (Wildman–Crippen MR) is 133 cm³/mol. The number of halogens is 5. The van der Waals surface area contributed by atoms with Crippen LogP contribution in [0.15, 0.2) is 42.6 Å². The van der Waals surface area contributed by atoms with E-state index in [9.17, 15) is 22.7 Å². The highest BCUT2D eigenvalue weighted by molar-refractivity contribution is 5.75. The quantitative estimate of drug-likeness (QED) is 0.348. The van der Waals surface area contributed by atoms with Crippen LogP contribution in [0.1, 0.15) is 103 Å². The summed E-state index contributed by atoms with van der Waals surface area (Å²) in [5.41, 5.74) is 2.08. The van der Waals surface area contributed by atoms with E-state index in [1.807, 2.05) is 0 Å². The van der Waals surface area contributed by atoms with Gasteiger partial charge in [0.2, 0.25) is 0 Å². The number of aliphatic hydroxyl groups is 1. The fraction of sp³-hybridized carbons (Fsp3) is 0.467. The second-order valence-corrected chi connectivity index (χ2v) is 11.2. The number of hydrogen-bond donors (Lipinski definition) is 1. The van der Waals surface area contributed by atoms with E-state index in [2.05, 4.69) is 4.98 Å². The molecule has 2 unspecified atom stereocenters. The molecule has 3 aliphatic carbocycles. The number of alkyl halides is 4. The number of pyridine rings is 2. The molecule has 2 heterocycles. The molecular weight excluding hydrogens is 499 g/mol. The van der Waals surface area contributed by atoms with Crippen molar-refractivity contribution in [1.82, 2.24) is 9.97 Å². The number of hydrogen-bond acceptors (Lipinski definition) is 3. The molecule has 6 rings (SSSR count). The Morgan fingerprint density at radius 2 is 1.68 bits per heavy atom. The molecule has 3 aliphatic rings. The summed E-state index contributed by atoms with van der Waals surface area (Å²) >= 11 is 0. The molecule has 0 amide bonds. The van der Waals surface area contributed by atoms with Gasteiger partial charge >= 0.3 is 6.18 Å². The smallest absolute Gasteiger partial charge is 0.388 e. The van der Waals surface area contributed by atoms with Crippen molar-refractivity contribution in [2.45, 2.75) is 82.2 Å². The van der Waals surface area contributed by atoms with E-state index in [-0.39, 0.29) is 22.6 Å². The third-order valence-corrected chi connectivity index (χ3v) is 8.80. The van der Waals surface area contributed by atoms with E-state index in [1.54, 1.807) is 12.1 Å². The molecule has 1 aromatic carbocycles. The van der Waals surface area contributed by atoms with Crippen LogP contribution in [0, 0.1) is 11.2 Å². The lowest BCUT2D eigenvalue weighted by Crippen LogP contribution is -2.38. The van der Waals surface area contributed by atoms with Gasteiger partial charge in [0, 0.05) is 28.9 Å². The van der Waals surface area contributed by atoms with Crippen LogP contribution in [0.3, 0.4) is 0 Å². The summed E-state index contributed by atoms with van der Waals surface area (Å²) in [6.45, 7) is 0. The Hall–Kier alpha value is -2.87. The number of fused-ring (bicyclic) bond motifs is 1. The minimum Gasteiger partial charge on any atom is -0.388 e. The number of aromatic nitrogens is 2. The van der Waals surface area contributed by atoms with Gasteiger partial charge in [-0.05, 0) is 79.3 Å². The van der Waals surface area contributed by atoms with Gasteiger partial charge in [-0.2, -0.15) is 13.2 Å². The highest BCUT2D eigenvalue weighted by Gasteiger charge is 2.46. The lowest BCUT2D eigenvalue weighted by atomic mass is 9.59. The van der Waals surface area contributed by atoms with Crippen LogP contribution in [-0.2, 0) is 12.6 Å². The van der Waals surface area contributed by atoms with E-state index in [1.165, 1.54) is 12.1 Å². The van der Waals surface area contributed by atoms with E-state index < -0.39 is 29.8 Å². The maximum atomic E-state index is 16.6. The zero-order valence-corrected chi connectivity index (χ0v) is 20.9. The first-order valence-corrected chi connectivity index (χ1v) is 13.3. The fourth-order valence-electron chi connectivity index (χ4n) is 6.74. The summed E-state index contributed by atoms with van der Waals surface area (Å²) in [5.74, 6) is -0.442. The first-order chi connectivity index (χ1) is 18.2. The Bertz CT molecular complexity index is 1330. The standard InChI is InChI=1S/C30H29F5N2O/c31-20-9-6-17(7-10-20)24-25-22(14-29(12-3-13-29)15-23(25)38)37-28(18-4-1-2-5-18)26(24)27(32)21-11-8-19(16-36-21)30(33,34)35/h6-11,16,18,23,27,38H,1-5,12-15H2. The molecule has 0 saturated heterocycles. The van der Waals surface area contributed by atoms with Crippen molar-refractivity contribution >= 4 is 0 Å². The number of aliphatic hydroxyl groups excluding tert-OH is 1. The van der Waals surface area contributed by atoms with Crippen molar-refractivity contribution in [2.24, 2.45) is 5.41 Å². The largest absolute Gasteiger partial charge is 0.417 e. The zero-order chi connectivity index (χ0) is 26.7. The molecule has 2 saturated carbocycles. The third-order valence-electron chi connectivity index (χ3n) is 8.80. The third kappa shape index (κ3) is 4.40. The molecule has 2 aromatic heterocycles. The molecule has 1 spiro atoms. The van der Waals surface area contributed by atoms with E-state index >= 15 is 4.39 Å². The molecule has 200 valence electrons. The zero-order valence-electron chi connectivity index (χ0n) is 20.9. The average molecular weight is 529 g/mol. The molecule has 1 N–H and O–H groups in total. The van der Waals surface area contributed by atoms with Gasteiger partial charge in [0.25, 0.3) is 0 Å². The van der Waals surface area contributed by atoms with E-state index in [4.69, 9.17) is 4.98 Å². The van der Waals surface area contributed by atoms with E-state index in [0.717, 1.165) is 62.8 Å². The Labute approximate surface area is 218 Å². The van der Waals surface area contributed by atoms with Gasteiger partial charge in [-0.15, -0.1) is 0 Å². The molecule has 2 atom stereocenters. The topological polar surface area (TPSA) is 46.0 Å². The van der Waals surface area contributed by atoms with Gasteiger partial charge < -0.3 is 5.11 Å². The fourth-order valence-corrected chi connectivity index (χ4v) is 6.74. The second-order valence-electron chi connectivity index (χ2n) is 11.2. The molecule has 8 heteroatoms. The van der Waals surface area contributed by atoms with Crippen molar-refractivity contribution in [2.75, 3.05) is 0 Å². The summed E-state index contributed by atoms with van der Waals surface area (Å²) in [7, 11) is 0. The summed E-state index contributed by atoms with van der Waals surface area (Å²) in [6.07, 6.45) is 1.35. The highest BCUT2D eigenvalue weighted by Crippen LogP contribution is 2.56. The highest BCUT2D eigenvalue weighted by atomic mass is 19.4. The van der Waals surface area contributed by atoms with Crippen LogP contribution in [0.5, 0.6) is 0 Å². The van der Waals surface area contributed by atoms with Crippen molar-refractivity contribution in [1.29, 1.82) is 0 Å². The molecule has 0 radical (unpaired) electrons. The number of rotatable bonds is 4. The van der Waals surface area contributed by atoms with Crippen LogP contribution in [-0.4, -0.2) is 15.1 Å². The maximum Gasteiger partial charge on any atom is 0.417 e. The Balaban J connectivity index is 1.58. The predicted octanol–water partition coefficient (Wildman–Crippen LogP) is 8.17. The molecule has 38 heavy (non-hydrogen) atoms. The van der Waals surface area contributed by atoms with Crippen LogP contribution in [0.4, 0.5) is 22.0 Å². The summed E-state index contributed by atoms with van der Waals surface area (Å²) in [5, 5.41) is 11.4. The van der Waals surface area contributed by atoms with Crippen LogP contribution in [0.2, 0.25) is 0 Å². The second kappa shape index (κ2) is 9.40. The normalized spacial score (nSPS) is 21.8. The first-order valence-electron chi connectivity index (χ1n) is 13.3. The summed E-state index contributed by atoms with van der Waals surface area (Å²) < 4.78 is 70.0. The van der Waals surface area contributed by atoms with Gasteiger partial charge in [-0.1, -0.05) is 31.4 Å². The lowest BCUT2D eigenvalue weighted by molar-refractivity contribution is -0.137. The van der Waals surface area contributed by atoms with Gasteiger partial charge in [0.1, 0.15) is 5.82 Å². The van der Waals surface area contributed by atoms with Crippen LogP contribution in [0.25, 0.3) is 11.1 Å². The molecular formula is C30H29F5N2O. The van der Waals surface area contributed by atoms with Crippen molar-refractivity contribution in [3.05, 3.63) is 82.2 Å². The molecule has 3 nitrogen and oxygen atoms in total. The lowest BCUT2D eigenvalue weighted by Gasteiger charge is -2.47. The molecule has 2 fully saturated rings. The number of benzene rings is 1. The SMILES string of the molecule is OC1CC2(CCC2)Cc2nc(C3CCCC3)c(C(F)c3ccc(C(F)(F)F)cn3)c(-c3ccc(F)cc3)c21.